The lowest BCUT2D eigenvalue weighted by Gasteiger charge is -2.19. The third-order valence-electron chi connectivity index (χ3n) is 3.98. The van der Waals surface area contributed by atoms with Crippen molar-refractivity contribution in [2.75, 3.05) is 10.6 Å². The standard InChI is InChI=1S/C24H23ClN2O4/c1-24(2,3)31-23(29)26-17-14-12-16(13-15-17)22(28)27-19-9-5-7-11-21(19)30-20-10-6-4-8-18(20)25/h4-15H,1-3H3,(H,26,29)(H,27,28). The summed E-state index contributed by atoms with van der Waals surface area (Å²) in [4.78, 5) is 24.6. The molecule has 6 nitrogen and oxygen atoms in total. The Hall–Kier alpha value is -3.51. The number of benzene rings is 3. The van der Waals surface area contributed by atoms with E-state index >= 15 is 0 Å². The van der Waals surface area contributed by atoms with Crippen molar-refractivity contribution in [3.05, 3.63) is 83.4 Å². The summed E-state index contributed by atoms with van der Waals surface area (Å²) in [6.07, 6.45) is -0.560. The first-order valence-corrected chi connectivity index (χ1v) is 10.0. The van der Waals surface area contributed by atoms with Crippen molar-refractivity contribution in [3.63, 3.8) is 0 Å². The average molecular weight is 439 g/mol. The van der Waals surface area contributed by atoms with E-state index in [1.54, 1.807) is 81.4 Å². The first kappa shape index (κ1) is 22.2. The maximum atomic E-state index is 12.7. The van der Waals surface area contributed by atoms with Gasteiger partial charge in [-0.3, -0.25) is 10.1 Å². The predicted octanol–water partition coefficient (Wildman–Crippen LogP) is 6.73. The fraction of sp³-hybridized carbons (Fsp3) is 0.167. The molecule has 3 aromatic carbocycles. The second-order valence-corrected chi connectivity index (χ2v) is 8.09. The molecule has 0 spiro atoms. The fourth-order valence-electron chi connectivity index (χ4n) is 2.63. The number of rotatable bonds is 5. The predicted molar refractivity (Wildman–Crippen MR) is 122 cm³/mol. The summed E-state index contributed by atoms with van der Waals surface area (Å²) >= 11 is 6.16. The van der Waals surface area contributed by atoms with Crippen LogP contribution in [0.5, 0.6) is 11.5 Å². The number of amides is 2. The summed E-state index contributed by atoms with van der Waals surface area (Å²) in [5.74, 6) is 0.634. The Labute approximate surface area is 186 Å². The molecule has 0 aliphatic rings. The van der Waals surface area contributed by atoms with E-state index in [0.29, 0.717) is 33.5 Å². The average Bonchev–Trinajstić information content (AvgIpc) is 2.70. The zero-order valence-electron chi connectivity index (χ0n) is 17.4. The quantitative estimate of drug-likeness (QED) is 0.463. The number of carbonyl (C=O) groups excluding carboxylic acids is 2. The maximum absolute atomic E-state index is 12.7. The van der Waals surface area contributed by atoms with E-state index in [1.165, 1.54) is 0 Å². The van der Waals surface area contributed by atoms with Gasteiger partial charge < -0.3 is 14.8 Å². The number of carbonyl (C=O) groups is 2. The molecule has 0 aliphatic carbocycles. The first-order chi connectivity index (χ1) is 14.7. The molecule has 160 valence electrons. The van der Waals surface area contributed by atoms with Gasteiger partial charge in [0.2, 0.25) is 0 Å². The second kappa shape index (κ2) is 9.53. The molecule has 0 atom stereocenters. The van der Waals surface area contributed by atoms with Gasteiger partial charge in [0.1, 0.15) is 11.4 Å². The van der Waals surface area contributed by atoms with Crippen LogP contribution in [0.2, 0.25) is 5.02 Å². The van der Waals surface area contributed by atoms with Crippen LogP contribution in [0.25, 0.3) is 0 Å². The SMILES string of the molecule is CC(C)(C)OC(=O)Nc1ccc(C(=O)Nc2ccccc2Oc2ccccc2Cl)cc1. The number of nitrogens with one attached hydrogen (secondary N) is 2. The molecular formula is C24H23ClN2O4. The van der Waals surface area contributed by atoms with Crippen molar-refractivity contribution < 1.29 is 19.1 Å². The van der Waals surface area contributed by atoms with Gasteiger partial charge in [-0.25, -0.2) is 4.79 Å². The van der Waals surface area contributed by atoms with Crippen LogP contribution in [-0.2, 0) is 4.74 Å². The van der Waals surface area contributed by atoms with E-state index in [1.807, 2.05) is 12.1 Å². The lowest BCUT2D eigenvalue weighted by atomic mass is 10.2. The van der Waals surface area contributed by atoms with E-state index < -0.39 is 11.7 Å². The van der Waals surface area contributed by atoms with Crippen LogP contribution in [0.1, 0.15) is 31.1 Å². The largest absolute Gasteiger partial charge is 0.454 e. The van der Waals surface area contributed by atoms with Crippen molar-refractivity contribution in [2.45, 2.75) is 26.4 Å². The Kier molecular flexibility index (Phi) is 6.82. The molecule has 3 aromatic rings. The van der Waals surface area contributed by atoms with Crippen molar-refractivity contribution in [3.8, 4) is 11.5 Å². The minimum absolute atomic E-state index is 0.320. The fourth-order valence-corrected chi connectivity index (χ4v) is 2.80. The Balaban J connectivity index is 1.68. The van der Waals surface area contributed by atoms with Gasteiger partial charge in [-0.2, -0.15) is 0 Å². The summed E-state index contributed by atoms with van der Waals surface area (Å²) in [7, 11) is 0. The zero-order chi connectivity index (χ0) is 22.4. The van der Waals surface area contributed by atoms with E-state index in [9.17, 15) is 9.59 Å². The highest BCUT2D eigenvalue weighted by Crippen LogP contribution is 2.33. The van der Waals surface area contributed by atoms with Crippen LogP contribution >= 0.6 is 11.6 Å². The monoisotopic (exact) mass is 438 g/mol. The number of anilines is 2. The highest BCUT2D eigenvalue weighted by atomic mass is 35.5. The van der Waals surface area contributed by atoms with Gasteiger partial charge in [-0.15, -0.1) is 0 Å². The maximum Gasteiger partial charge on any atom is 0.412 e. The molecule has 0 bridgehead atoms. The Morgan fingerprint density at radius 2 is 1.42 bits per heavy atom. The smallest absolute Gasteiger partial charge is 0.412 e. The van der Waals surface area contributed by atoms with Crippen LogP contribution in [0.3, 0.4) is 0 Å². The molecule has 0 saturated heterocycles. The minimum atomic E-state index is -0.594. The van der Waals surface area contributed by atoms with Gasteiger partial charge in [-0.05, 0) is 69.3 Å². The third-order valence-corrected chi connectivity index (χ3v) is 4.30. The van der Waals surface area contributed by atoms with Crippen molar-refractivity contribution in [1.82, 2.24) is 0 Å². The van der Waals surface area contributed by atoms with E-state index in [4.69, 9.17) is 21.1 Å². The van der Waals surface area contributed by atoms with Crippen LogP contribution in [0.15, 0.2) is 72.8 Å². The van der Waals surface area contributed by atoms with Crippen LogP contribution in [0, 0.1) is 0 Å². The molecule has 3 rings (SSSR count). The molecule has 2 amide bonds. The number of hydrogen-bond acceptors (Lipinski definition) is 4. The highest BCUT2D eigenvalue weighted by molar-refractivity contribution is 6.32. The van der Waals surface area contributed by atoms with Gasteiger partial charge in [0, 0.05) is 11.3 Å². The summed E-state index contributed by atoms with van der Waals surface area (Å²) in [6.45, 7) is 5.36. The summed E-state index contributed by atoms with van der Waals surface area (Å²) < 4.78 is 11.1. The first-order valence-electron chi connectivity index (χ1n) is 9.64. The number of halogens is 1. The molecule has 0 radical (unpaired) electrons. The van der Waals surface area contributed by atoms with Crippen molar-refractivity contribution in [1.29, 1.82) is 0 Å². The van der Waals surface area contributed by atoms with Gasteiger partial charge in [0.25, 0.3) is 5.91 Å². The van der Waals surface area contributed by atoms with Gasteiger partial charge in [0.05, 0.1) is 10.7 Å². The summed E-state index contributed by atoms with van der Waals surface area (Å²) in [6, 6.07) is 20.7. The lowest BCUT2D eigenvalue weighted by molar-refractivity contribution is 0.0636. The van der Waals surface area contributed by atoms with E-state index in [2.05, 4.69) is 10.6 Å². The van der Waals surface area contributed by atoms with Gasteiger partial charge >= 0.3 is 6.09 Å². The van der Waals surface area contributed by atoms with Crippen molar-refractivity contribution >= 4 is 35.0 Å². The Morgan fingerprint density at radius 1 is 0.806 bits per heavy atom. The molecule has 0 saturated carbocycles. The van der Waals surface area contributed by atoms with Crippen LogP contribution < -0.4 is 15.4 Å². The number of para-hydroxylation sites is 3. The minimum Gasteiger partial charge on any atom is -0.454 e. The van der Waals surface area contributed by atoms with Crippen LogP contribution in [0.4, 0.5) is 16.2 Å². The molecular weight excluding hydrogens is 416 g/mol. The zero-order valence-corrected chi connectivity index (χ0v) is 18.2. The molecule has 31 heavy (non-hydrogen) atoms. The third kappa shape index (κ3) is 6.49. The van der Waals surface area contributed by atoms with Gasteiger partial charge in [0.15, 0.2) is 5.75 Å². The molecule has 7 heteroatoms. The number of hydrogen-bond donors (Lipinski definition) is 2. The molecule has 0 aromatic heterocycles. The molecule has 0 heterocycles. The molecule has 2 N–H and O–H groups in total. The normalized spacial score (nSPS) is 10.8. The van der Waals surface area contributed by atoms with Gasteiger partial charge in [-0.1, -0.05) is 35.9 Å². The molecule has 0 unspecified atom stereocenters. The summed E-state index contributed by atoms with van der Waals surface area (Å²) in [5.41, 5.74) is 0.850. The van der Waals surface area contributed by atoms with Crippen molar-refractivity contribution in [2.24, 2.45) is 0 Å². The highest BCUT2D eigenvalue weighted by Gasteiger charge is 2.16. The van der Waals surface area contributed by atoms with Crippen LogP contribution in [-0.4, -0.2) is 17.6 Å². The molecule has 0 aliphatic heterocycles. The topological polar surface area (TPSA) is 76.7 Å². The van der Waals surface area contributed by atoms with E-state index in [0.717, 1.165) is 0 Å². The number of ether oxygens (including phenoxy) is 2. The van der Waals surface area contributed by atoms with E-state index in [-0.39, 0.29) is 5.91 Å². The Morgan fingerprint density at radius 3 is 2.06 bits per heavy atom. The second-order valence-electron chi connectivity index (χ2n) is 7.69. The summed E-state index contributed by atoms with van der Waals surface area (Å²) in [5, 5.41) is 5.94. The Bertz CT molecular complexity index is 1080. The lowest BCUT2D eigenvalue weighted by Crippen LogP contribution is -2.27. The molecule has 0 fully saturated rings.